The summed E-state index contributed by atoms with van der Waals surface area (Å²) in [6.45, 7) is 6.32. The molecule has 160 valence electrons. The summed E-state index contributed by atoms with van der Waals surface area (Å²) in [4.78, 5) is 27.8. The standard InChI is InChI=1S/C22H30Cl2N2O3/c1-22(2,3)25-21(28)18-10-14-6-4-5-7-15(14)12-26(18)20(27)13-29-19-9-8-16(23)11-17(19)24/h8-9,11,14-15,18H,4-7,10,12-13H2,1-3H3,(H,25,28)/t14-,15+,18-/m0/s1. The van der Waals surface area contributed by atoms with Crippen molar-refractivity contribution >= 4 is 35.0 Å². The number of likely N-dealkylation sites (tertiary alicyclic amines) is 1. The van der Waals surface area contributed by atoms with Crippen molar-refractivity contribution in [2.24, 2.45) is 11.8 Å². The number of hydrogen-bond acceptors (Lipinski definition) is 3. The van der Waals surface area contributed by atoms with E-state index in [1.54, 1.807) is 23.1 Å². The molecule has 1 N–H and O–H groups in total. The summed E-state index contributed by atoms with van der Waals surface area (Å²) in [6.07, 6.45) is 5.38. The van der Waals surface area contributed by atoms with E-state index in [9.17, 15) is 9.59 Å². The topological polar surface area (TPSA) is 58.6 Å². The summed E-state index contributed by atoms with van der Waals surface area (Å²) >= 11 is 12.1. The Bertz CT molecular complexity index is 763. The minimum atomic E-state index is -0.453. The molecule has 0 aromatic heterocycles. The van der Waals surface area contributed by atoms with E-state index in [0.29, 0.717) is 34.2 Å². The molecule has 2 fully saturated rings. The quantitative estimate of drug-likeness (QED) is 0.737. The zero-order valence-electron chi connectivity index (χ0n) is 17.3. The highest BCUT2D eigenvalue weighted by molar-refractivity contribution is 6.35. The molecule has 1 saturated carbocycles. The maximum Gasteiger partial charge on any atom is 0.261 e. The van der Waals surface area contributed by atoms with Gasteiger partial charge in [-0.3, -0.25) is 9.59 Å². The number of fused-ring (bicyclic) bond motifs is 1. The second-order valence-corrected chi connectivity index (χ2v) is 10.0. The number of rotatable bonds is 4. The Hall–Kier alpha value is -1.46. The van der Waals surface area contributed by atoms with Crippen LogP contribution in [0.4, 0.5) is 0 Å². The lowest BCUT2D eigenvalue weighted by atomic mass is 9.72. The third-order valence-corrected chi connectivity index (χ3v) is 6.30. The van der Waals surface area contributed by atoms with E-state index < -0.39 is 6.04 Å². The lowest BCUT2D eigenvalue weighted by Gasteiger charge is -2.46. The highest BCUT2D eigenvalue weighted by atomic mass is 35.5. The first-order valence-corrected chi connectivity index (χ1v) is 11.1. The first-order valence-electron chi connectivity index (χ1n) is 10.3. The van der Waals surface area contributed by atoms with Gasteiger partial charge < -0.3 is 15.0 Å². The molecular weight excluding hydrogens is 411 g/mol. The van der Waals surface area contributed by atoms with E-state index in [2.05, 4.69) is 5.32 Å². The van der Waals surface area contributed by atoms with Gasteiger partial charge in [0.25, 0.3) is 5.91 Å². The van der Waals surface area contributed by atoms with Gasteiger partial charge in [0.1, 0.15) is 11.8 Å². The molecule has 7 heteroatoms. The van der Waals surface area contributed by atoms with Crippen LogP contribution in [-0.2, 0) is 9.59 Å². The van der Waals surface area contributed by atoms with Crippen molar-refractivity contribution in [3.05, 3.63) is 28.2 Å². The zero-order valence-corrected chi connectivity index (χ0v) is 18.9. The number of halogens is 2. The number of carbonyl (C=O) groups is 2. The van der Waals surface area contributed by atoms with Crippen molar-refractivity contribution in [3.8, 4) is 5.75 Å². The Morgan fingerprint density at radius 2 is 1.86 bits per heavy atom. The number of nitrogens with one attached hydrogen (secondary N) is 1. The summed E-state index contributed by atoms with van der Waals surface area (Å²) in [5, 5.41) is 3.91. The van der Waals surface area contributed by atoms with E-state index in [0.717, 1.165) is 19.3 Å². The Kier molecular flexibility index (Phi) is 7.00. The van der Waals surface area contributed by atoms with Crippen LogP contribution in [0.25, 0.3) is 0 Å². The number of amides is 2. The highest BCUT2D eigenvalue weighted by Crippen LogP contribution is 2.39. The van der Waals surface area contributed by atoms with Crippen molar-refractivity contribution < 1.29 is 14.3 Å². The fourth-order valence-corrected chi connectivity index (χ4v) is 4.88. The summed E-state index contributed by atoms with van der Waals surface area (Å²) in [5.41, 5.74) is -0.345. The SMILES string of the molecule is CC(C)(C)NC(=O)[C@@H]1C[C@@H]2CCCC[C@@H]2CN1C(=O)COc1ccc(Cl)cc1Cl. The van der Waals surface area contributed by atoms with Crippen molar-refractivity contribution in [2.75, 3.05) is 13.2 Å². The average Bonchev–Trinajstić information content (AvgIpc) is 2.64. The van der Waals surface area contributed by atoms with E-state index in [1.807, 2.05) is 20.8 Å². The molecule has 5 nitrogen and oxygen atoms in total. The Morgan fingerprint density at radius 1 is 1.17 bits per heavy atom. The van der Waals surface area contributed by atoms with Crippen LogP contribution in [0.1, 0.15) is 52.9 Å². The minimum Gasteiger partial charge on any atom is -0.482 e. The van der Waals surface area contributed by atoms with Crippen LogP contribution in [0.3, 0.4) is 0 Å². The lowest BCUT2D eigenvalue weighted by molar-refractivity contribution is -0.148. The van der Waals surface area contributed by atoms with Gasteiger partial charge in [0.05, 0.1) is 5.02 Å². The van der Waals surface area contributed by atoms with Gasteiger partial charge in [-0.2, -0.15) is 0 Å². The van der Waals surface area contributed by atoms with Gasteiger partial charge >= 0.3 is 0 Å². The van der Waals surface area contributed by atoms with Crippen molar-refractivity contribution in [2.45, 2.75) is 64.5 Å². The molecule has 1 aliphatic heterocycles. The number of benzene rings is 1. The maximum absolute atomic E-state index is 13.1. The van der Waals surface area contributed by atoms with E-state index in [-0.39, 0.29) is 24.0 Å². The maximum atomic E-state index is 13.1. The summed E-state index contributed by atoms with van der Waals surface area (Å²) in [6, 6.07) is 4.44. The van der Waals surface area contributed by atoms with Crippen molar-refractivity contribution in [1.29, 1.82) is 0 Å². The smallest absolute Gasteiger partial charge is 0.261 e. The molecule has 3 atom stereocenters. The number of hydrogen-bond donors (Lipinski definition) is 1. The lowest BCUT2D eigenvalue weighted by Crippen LogP contribution is -2.59. The Balaban J connectivity index is 1.72. The zero-order chi connectivity index (χ0) is 21.2. The predicted molar refractivity (Wildman–Crippen MR) is 115 cm³/mol. The number of piperidine rings is 1. The second-order valence-electron chi connectivity index (χ2n) is 9.20. The van der Waals surface area contributed by atoms with Gasteiger partial charge in [0, 0.05) is 17.1 Å². The molecule has 0 radical (unpaired) electrons. The van der Waals surface area contributed by atoms with Gasteiger partial charge in [-0.1, -0.05) is 42.5 Å². The Morgan fingerprint density at radius 3 is 2.52 bits per heavy atom. The third kappa shape index (κ3) is 5.79. The van der Waals surface area contributed by atoms with E-state index >= 15 is 0 Å². The predicted octanol–water partition coefficient (Wildman–Crippen LogP) is 4.69. The fraction of sp³-hybridized carbons (Fsp3) is 0.636. The van der Waals surface area contributed by atoms with Crippen LogP contribution >= 0.6 is 23.2 Å². The summed E-state index contributed by atoms with van der Waals surface area (Å²) in [7, 11) is 0. The van der Waals surface area contributed by atoms with Crippen LogP contribution < -0.4 is 10.1 Å². The van der Waals surface area contributed by atoms with Crippen molar-refractivity contribution in [1.82, 2.24) is 10.2 Å². The van der Waals surface area contributed by atoms with E-state index in [1.165, 1.54) is 12.8 Å². The number of ether oxygens (including phenoxy) is 1. The number of carbonyl (C=O) groups excluding carboxylic acids is 2. The van der Waals surface area contributed by atoms with Gasteiger partial charge in [-0.15, -0.1) is 0 Å². The number of nitrogens with zero attached hydrogens (tertiary/aromatic N) is 1. The monoisotopic (exact) mass is 440 g/mol. The summed E-state index contributed by atoms with van der Waals surface area (Å²) < 4.78 is 5.66. The molecular formula is C22H30Cl2N2O3. The van der Waals surface area contributed by atoms with Gasteiger partial charge in [-0.05, 0) is 63.6 Å². The van der Waals surface area contributed by atoms with E-state index in [4.69, 9.17) is 27.9 Å². The van der Waals surface area contributed by atoms with Crippen LogP contribution in [-0.4, -0.2) is 41.4 Å². The molecule has 3 rings (SSSR count). The van der Waals surface area contributed by atoms with Gasteiger partial charge in [0.15, 0.2) is 6.61 Å². The molecule has 1 aromatic rings. The Labute approximate surface area is 183 Å². The summed E-state index contributed by atoms with van der Waals surface area (Å²) in [5.74, 6) is 1.11. The molecule has 2 amide bonds. The van der Waals surface area contributed by atoms with Crippen LogP contribution in [0.2, 0.25) is 10.0 Å². The minimum absolute atomic E-state index is 0.0839. The third-order valence-electron chi connectivity index (χ3n) is 5.77. The molecule has 1 saturated heterocycles. The molecule has 1 heterocycles. The first-order chi connectivity index (χ1) is 13.6. The molecule has 0 bridgehead atoms. The average molecular weight is 441 g/mol. The highest BCUT2D eigenvalue weighted by Gasteiger charge is 2.42. The van der Waals surface area contributed by atoms with Crippen molar-refractivity contribution in [3.63, 3.8) is 0 Å². The second kappa shape index (κ2) is 9.13. The molecule has 2 aliphatic rings. The molecule has 0 unspecified atom stereocenters. The molecule has 1 aromatic carbocycles. The largest absolute Gasteiger partial charge is 0.482 e. The molecule has 29 heavy (non-hydrogen) atoms. The van der Waals surface area contributed by atoms with Crippen LogP contribution in [0, 0.1) is 11.8 Å². The first kappa shape index (κ1) is 22.2. The molecule has 1 aliphatic carbocycles. The fourth-order valence-electron chi connectivity index (χ4n) is 4.42. The van der Waals surface area contributed by atoms with Gasteiger partial charge in [-0.25, -0.2) is 0 Å². The van der Waals surface area contributed by atoms with Crippen LogP contribution in [0.15, 0.2) is 18.2 Å². The normalized spacial score (nSPS) is 24.6. The van der Waals surface area contributed by atoms with Crippen LogP contribution in [0.5, 0.6) is 5.75 Å². The molecule has 0 spiro atoms. The van der Waals surface area contributed by atoms with Gasteiger partial charge in [0.2, 0.25) is 5.91 Å².